The third-order valence-electron chi connectivity index (χ3n) is 3.76. The molecule has 2 heteroatoms. The summed E-state index contributed by atoms with van der Waals surface area (Å²) < 4.78 is 0. The van der Waals surface area contributed by atoms with Gasteiger partial charge in [0.05, 0.1) is 0 Å². The predicted octanol–water partition coefficient (Wildman–Crippen LogP) is 5.16. The second-order valence-corrected chi connectivity index (χ2v) is 6.23. The van der Waals surface area contributed by atoms with Gasteiger partial charge in [-0.25, -0.2) is 0 Å². The summed E-state index contributed by atoms with van der Waals surface area (Å²) in [7, 11) is 0. The Morgan fingerprint density at radius 2 is 1.67 bits per heavy atom. The fourth-order valence-corrected chi connectivity index (χ4v) is 2.98. The zero-order valence-electron chi connectivity index (χ0n) is 13.3. The van der Waals surface area contributed by atoms with Crippen molar-refractivity contribution in [1.29, 1.82) is 0 Å². The normalized spacial score (nSPS) is 12.4. The highest BCUT2D eigenvalue weighted by Gasteiger charge is 2.12. The van der Waals surface area contributed by atoms with E-state index in [4.69, 9.17) is 11.6 Å². The van der Waals surface area contributed by atoms with Crippen molar-refractivity contribution in [2.45, 2.75) is 40.2 Å². The number of hydrogen-bond acceptors (Lipinski definition) is 1. The van der Waals surface area contributed by atoms with Gasteiger partial charge in [0.25, 0.3) is 0 Å². The van der Waals surface area contributed by atoms with E-state index in [-0.39, 0.29) is 0 Å². The first-order chi connectivity index (χ1) is 9.99. The molecule has 2 rings (SSSR count). The van der Waals surface area contributed by atoms with E-state index in [1.54, 1.807) is 0 Å². The summed E-state index contributed by atoms with van der Waals surface area (Å²) in [5, 5.41) is 4.42. The summed E-state index contributed by atoms with van der Waals surface area (Å²) >= 11 is 6.14. The maximum atomic E-state index is 6.14. The minimum absolute atomic E-state index is 0.326. The van der Waals surface area contributed by atoms with E-state index < -0.39 is 0 Å². The largest absolute Gasteiger partial charge is 0.310 e. The molecule has 0 fully saturated rings. The smallest absolute Gasteiger partial charge is 0.0435 e. The standard InChI is InChI=1S/C19H24ClN/c1-5-21-19(17-6-7-18(20)15(4)11-17)12-16-9-13(2)8-14(3)10-16/h6-11,19,21H,5,12H2,1-4H3. The zero-order chi connectivity index (χ0) is 15.4. The molecule has 1 unspecified atom stereocenters. The predicted molar refractivity (Wildman–Crippen MR) is 92.2 cm³/mol. The molecule has 0 bridgehead atoms. The number of likely N-dealkylation sites (N-methyl/N-ethyl adjacent to an activating group) is 1. The van der Waals surface area contributed by atoms with Crippen molar-refractivity contribution >= 4 is 11.6 Å². The molecule has 1 N–H and O–H groups in total. The summed E-state index contributed by atoms with van der Waals surface area (Å²) in [6.45, 7) is 9.48. The molecule has 0 aliphatic rings. The molecule has 0 aliphatic heterocycles. The van der Waals surface area contributed by atoms with Crippen LogP contribution in [0.1, 0.15) is 40.8 Å². The first kappa shape index (κ1) is 16.1. The van der Waals surface area contributed by atoms with E-state index in [9.17, 15) is 0 Å². The lowest BCUT2D eigenvalue weighted by atomic mass is 9.95. The summed E-state index contributed by atoms with van der Waals surface area (Å²) in [6.07, 6.45) is 0.997. The first-order valence-corrected chi connectivity index (χ1v) is 7.94. The van der Waals surface area contributed by atoms with Crippen LogP contribution in [0.5, 0.6) is 0 Å². The molecule has 1 atom stereocenters. The molecule has 2 aromatic carbocycles. The number of aryl methyl sites for hydroxylation is 3. The minimum atomic E-state index is 0.326. The van der Waals surface area contributed by atoms with Crippen molar-refractivity contribution in [3.05, 3.63) is 69.2 Å². The Morgan fingerprint density at radius 1 is 1.00 bits per heavy atom. The van der Waals surface area contributed by atoms with Crippen LogP contribution in [0.4, 0.5) is 0 Å². The van der Waals surface area contributed by atoms with E-state index in [0.29, 0.717) is 6.04 Å². The lowest BCUT2D eigenvalue weighted by Crippen LogP contribution is -2.23. The van der Waals surface area contributed by atoms with Crippen LogP contribution in [0.2, 0.25) is 5.02 Å². The maximum absolute atomic E-state index is 6.14. The number of benzene rings is 2. The number of nitrogens with one attached hydrogen (secondary N) is 1. The molecule has 21 heavy (non-hydrogen) atoms. The van der Waals surface area contributed by atoms with Gasteiger partial charge < -0.3 is 5.32 Å². The SMILES string of the molecule is CCNC(Cc1cc(C)cc(C)c1)c1ccc(Cl)c(C)c1. The van der Waals surface area contributed by atoms with Gasteiger partial charge in [-0.3, -0.25) is 0 Å². The van der Waals surface area contributed by atoms with Gasteiger partial charge >= 0.3 is 0 Å². The first-order valence-electron chi connectivity index (χ1n) is 7.56. The zero-order valence-corrected chi connectivity index (χ0v) is 14.1. The van der Waals surface area contributed by atoms with Crippen molar-refractivity contribution in [2.24, 2.45) is 0 Å². The van der Waals surface area contributed by atoms with Gasteiger partial charge in [0.15, 0.2) is 0 Å². The Hall–Kier alpha value is -1.31. The molecule has 0 aromatic heterocycles. The number of hydrogen-bond donors (Lipinski definition) is 1. The molecule has 1 nitrogen and oxygen atoms in total. The third-order valence-corrected chi connectivity index (χ3v) is 4.18. The van der Waals surface area contributed by atoms with Crippen LogP contribution in [0.3, 0.4) is 0 Å². The quantitative estimate of drug-likeness (QED) is 0.804. The summed E-state index contributed by atoms with van der Waals surface area (Å²) in [6, 6.07) is 13.4. The fraction of sp³-hybridized carbons (Fsp3) is 0.368. The van der Waals surface area contributed by atoms with Crippen LogP contribution in [0, 0.1) is 20.8 Å². The molecular weight excluding hydrogens is 278 g/mol. The van der Waals surface area contributed by atoms with Gasteiger partial charge in [0, 0.05) is 11.1 Å². The van der Waals surface area contributed by atoms with E-state index in [1.807, 2.05) is 6.07 Å². The molecule has 0 heterocycles. The van der Waals surface area contributed by atoms with Gasteiger partial charge in [0.2, 0.25) is 0 Å². The van der Waals surface area contributed by atoms with Crippen LogP contribution < -0.4 is 5.32 Å². The van der Waals surface area contributed by atoms with Crippen molar-refractivity contribution in [3.63, 3.8) is 0 Å². The van der Waals surface area contributed by atoms with Crippen molar-refractivity contribution in [3.8, 4) is 0 Å². The minimum Gasteiger partial charge on any atom is -0.310 e. The maximum Gasteiger partial charge on any atom is 0.0435 e. The molecular formula is C19H24ClN. The second-order valence-electron chi connectivity index (χ2n) is 5.82. The van der Waals surface area contributed by atoms with Crippen molar-refractivity contribution in [1.82, 2.24) is 5.32 Å². The van der Waals surface area contributed by atoms with Gasteiger partial charge in [-0.1, -0.05) is 60.0 Å². The second kappa shape index (κ2) is 7.11. The topological polar surface area (TPSA) is 12.0 Å². The highest BCUT2D eigenvalue weighted by molar-refractivity contribution is 6.31. The Morgan fingerprint density at radius 3 is 2.24 bits per heavy atom. The van der Waals surface area contributed by atoms with E-state index in [1.165, 1.54) is 22.3 Å². The molecule has 0 aliphatic carbocycles. The van der Waals surface area contributed by atoms with Crippen LogP contribution in [0.15, 0.2) is 36.4 Å². The molecule has 0 amide bonds. The Balaban J connectivity index is 2.27. The van der Waals surface area contributed by atoms with Crippen molar-refractivity contribution < 1.29 is 0 Å². The highest BCUT2D eigenvalue weighted by atomic mass is 35.5. The molecule has 0 spiro atoms. The molecule has 0 radical (unpaired) electrons. The summed E-state index contributed by atoms with van der Waals surface area (Å²) in [5.74, 6) is 0. The third kappa shape index (κ3) is 4.33. The molecule has 112 valence electrons. The fourth-order valence-electron chi connectivity index (χ4n) is 2.86. The lowest BCUT2D eigenvalue weighted by molar-refractivity contribution is 0.549. The highest BCUT2D eigenvalue weighted by Crippen LogP contribution is 2.24. The lowest BCUT2D eigenvalue weighted by Gasteiger charge is -2.20. The monoisotopic (exact) mass is 301 g/mol. The van der Waals surface area contributed by atoms with Crippen LogP contribution >= 0.6 is 11.6 Å². The average Bonchev–Trinajstić information content (AvgIpc) is 2.40. The van der Waals surface area contributed by atoms with E-state index in [2.05, 4.69) is 63.3 Å². The van der Waals surface area contributed by atoms with Crippen LogP contribution in [-0.4, -0.2) is 6.54 Å². The number of rotatable bonds is 5. The van der Waals surface area contributed by atoms with Gasteiger partial charge in [-0.15, -0.1) is 0 Å². The van der Waals surface area contributed by atoms with Gasteiger partial charge in [-0.05, 0) is 56.5 Å². The van der Waals surface area contributed by atoms with Gasteiger partial charge in [-0.2, -0.15) is 0 Å². The molecule has 2 aromatic rings. The van der Waals surface area contributed by atoms with Crippen molar-refractivity contribution in [2.75, 3.05) is 6.54 Å². The Labute approximate surface area is 133 Å². The summed E-state index contributed by atoms with van der Waals surface area (Å²) in [5.41, 5.74) is 6.47. The number of halogens is 1. The van der Waals surface area contributed by atoms with Crippen LogP contribution in [0.25, 0.3) is 0 Å². The average molecular weight is 302 g/mol. The van der Waals surface area contributed by atoms with E-state index in [0.717, 1.165) is 23.6 Å². The van der Waals surface area contributed by atoms with Gasteiger partial charge in [0.1, 0.15) is 0 Å². The van der Waals surface area contributed by atoms with E-state index >= 15 is 0 Å². The molecule has 0 saturated heterocycles. The Bertz CT molecular complexity index is 599. The summed E-state index contributed by atoms with van der Waals surface area (Å²) in [4.78, 5) is 0. The Kier molecular flexibility index (Phi) is 5.44. The van der Waals surface area contributed by atoms with Crippen LogP contribution in [-0.2, 0) is 6.42 Å². The molecule has 0 saturated carbocycles.